The molecule has 1 saturated heterocycles. The van der Waals surface area contributed by atoms with Crippen molar-refractivity contribution in [2.45, 2.75) is 49.5 Å². The van der Waals surface area contributed by atoms with E-state index in [9.17, 15) is 13.6 Å². The van der Waals surface area contributed by atoms with Gasteiger partial charge in [0.15, 0.2) is 0 Å². The van der Waals surface area contributed by atoms with E-state index in [4.69, 9.17) is 0 Å². The third-order valence-electron chi connectivity index (χ3n) is 6.92. The summed E-state index contributed by atoms with van der Waals surface area (Å²) < 4.78 is 28.6. The van der Waals surface area contributed by atoms with Gasteiger partial charge >= 0.3 is 0 Å². The molecule has 5 rings (SSSR count). The number of halogens is 2. The molecule has 7 heteroatoms. The van der Waals surface area contributed by atoms with E-state index >= 15 is 0 Å². The molecule has 2 aromatic rings. The van der Waals surface area contributed by atoms with Gasteiger partial charge in [-0.15, -0.1) is 0 Å². The molecule has 1 N–H and O–H groups in total. The number of alkyl halides is 2. The lowest BCUT2D eigenvalue weighted by Gasteiger charge is -2.31. The molecule has 0 bridgehead atoms. The van der Waals surface area contributed by atoms with E-state index in [0.717, 1.165) is 37.4 Å². The molecule has 0 spiro atoms. The van der Waals surface area contributed by atoms with Crippen molar-refractivity contribution in [2.75, 3.05) is 31.5 Å². The van der Waals surface area contributed by atoms with Gasteiger partial charge in [0.25, 0.3) is 11.8 Å². The standard InChI is InChI=1S/C28H31F2N3OS/c29-28(30)14-17-33(18-15-28)35-26-11-9-25(10-12-26)31-27(34)23-7-5-21(6-8-23)19-32-16-13-22-3-1-2-4-24(22)20-32/h1,3,5-12H,2,4,13-20H2,(H,31,34). The normalized spacial score (nSPS) is 20.5. The molecule has 0 aromatic heterocycles. The van der Waals surface area contributed by atoms with Crippen molar-refractivity contribution in [3.63, 3.8) is 0 Å². The van der Waals surface area contributed by atoms with Gasteiger partial charge in [-0.3, -0.25) is 9.69 Å². The summed E-state index contributed by atoms with van der Waals surface area (Å²) in [5, 5.41) is 2.95. The summed E-state index contributed by atoms with van der Waals surface area (Å²) in [7, 11) is 0. The second kappa shape index (κ2) is 10.6. The first kappa shape index (κ1) is 24.2. The molecule has 0 atom stereocenters. The molecule has 0 radical (unpaired) electrons. The van der Waals surface area contributed by atoms with Crippen LogP contribution in [0.15, 0.2) is 76.7 Å². The van der Waals surface area contributed by atoms with Crippen molar-refractivity contribution >= 4 is 23.5 Å². The lowest BCUT2D eigenvalue weighted by atomic mass is 9.92. The van der Waals surface area contributed by atoms with Crippen LogP contribution in [0.5, 0.6) is 0 Å². The molecular weight excluding hydrogens is 464 g/mol. The van der Waals surface area contributed by atoms with Crippen LogP contribution >= 0.6 is 11.9 Å². The lowest BCUT2D eigenvalue weighted by Crippen LogP contribution is -2.35. The Bertz CT molecular complexity index is 1100. The van der Waals surface area contributed by atoms with Crippen molar-refractivity contribution in [3.8, 4) is 0 Å². The zero-order valence-electron chi connectivity index (χ0n) is 19.8. The van der Waals surface area contributed by atoms with E-state index in [1.165, 1.54) is 29.5 Å². The summed E-state index contributed by atoms with van der Waals surface area (Å²) in [6.07, 6.45) is 7.85. The minimum absolute atomic E-state index is 0.0957. The molecule has 2 aromatic carbocycles. The molecule has 1 amide bonds. The molecule has 4 nitrogen and oxygen atoms in total. The van der Waals surface area contributed by atoms with Crippen molar-refractivity contribution < 1.29 is 13.6 Å². The number of carbonyl (C=O) groups excluding carboxylic acids is 1. The van der Waals surface area contributed by atoms with Gasteiger partial charge in [-0.05, 0) is 78.7 Å². The summed E-state index contributed by atoms with van der Waals surface area (Å²) in [6.45, 7) is 3.76. The maximum absolute atomic E-state index is 13.3. The van der Waals surface area contributed by atoms with Gasteiger partial charge in [-0.25, -0.2) is 13.1 Å². The predicted octanol–water partition coefficient (Wildman–Crippen LogP) is 6.53. The number of piperidine rings is 1. The van der Waals surface area contributed by atoms with Gasteiger partial charge in [-0.1, -0.05) is 29.9 Å². The maximum Gasteiger partial charge on any atom is 0.255 e. The Morgan fingerprint density at radius 3 is 2.46 bits per heavy atom. The van der Waals surface area contributed by atoms with Crippen LogP contribution in [-0.4, -0.2) is 47.2 Å². The van der Waals surface area contributed by atoms with Crippen LogP contribution in [0.3, 0.4) is 0 Å². The summed E-state index contributed by atoms with van der Waals surface area (Å²) in [4.78, 5) is 16.2. The Morgan fingerprint density at radius 2 is 1.71 bits per heavy atom. The van der Waals surface area contributed by atoms with Crippen molar-refractivity contribution in [3.05, 3.63) is 83.0 Å². The van der Waals surface area contributed by atoms with Gasteiger partial charge in [0.2, 0.25) is 0 Å². The SMILES string of the molecule is O=C(Nc1ccc(SN2CCC(F)(F)CC2)cc1)c1ccc(CN2CCC3=C(CCC=C3)C2)cc1. The zero-order valence-corrected chi connectivity index (χ0v) is 20.6. The zero-order chi connectivity index (χ0) is 24.3. The van der Waals surface area contributed by atoms with E-state index in [1.807, 2.05) is 52.8 Å². The molecular formula is C28H31F2N3OS. The van der Waals surface area contributed by atoms with Crippen LogP contribution in [0, 0.1) is 0 Å². The molecule has 2 heterocycles. The highest BCUT2D eigenvalue weighted by Crippen LogP contribution is 2.33. The molecule has 184 valence electrons. The van der Waals surface area contributed by atoms with E-state index in [-0.39, 0.29) is 18.7 Å². The second-order valence-corrected chi connectivity index (χ2v) is 10.8. The minimum Gasteiger partial charge on any atom is -0.322 e. The fraction of sp³-hybridized carbons (Fsp3) is 0.393. The van der Waals surface area contributed by atoms with Gasteiger partial charge in [0.05, 0.1) is 0 Å². The Hall–Kier alpha value is -2.48. The number of carbonyl (C=O) groups is 1. The molecule has 0 saturated carbocycles. The summed E-state index contributed by atoms with van der Waals surface area (Å²) in [6, 6.07) is 15.4. The number of benzene rings is 2. The first-order valence-electron chi connectivity index (χ1n) is 12.3. The molecule has 0 unspecified atom stereocenters. The van der Waals surface area contributed by atoms with Crippen LogP contribution in [0.2, 0.25) is 0 Å². The quantitative estimate of drug-likeness (QED) is 0.462. The Balaban J connectivity index is 1.11. The fourth-order valence-corrected chi connectivity index (χ4v) is 5.76. The fourth-order valence-electron chi connectivity index (χ4n) is 4.84. The van der Waals surface area contributed by atoms with Crippen LogP contribution in [0.4, 0.5) is 14.5 Å². The minimum atomic E-state index is -2.54. The van der Waals surface area contributed by atoms with Crippen molar-refractivity contribution in [2.24, 2.45) is 0 Å². The van der Waals surface area contributed by atoms with E-state index in [2.05, 4.69) is 22.4 Å². The van der Waals surface area contributed by atoms with E-state index < -0.39 is 5.92 Å². The average molecular weight is 496 g/mol. The van der Waals surface area contributed by atoms with Crippen LogP contribution in [0.25, 0.3) is 0 Å². The number of rotatable bonds is 6. The number of nitrogens with zero attached hydrogens (tertiary/aromatic N) is 2. The van der Waals surface area contributed by atoms with Gasteiger partial charge in [0.1, 0.15) is 0 Å². The number of allylic oxidation sites excluding steroid dienone is 2. The largest absolute Gasteiger partial charge is 0.322 e. The number of hydrogen-bond donors (Lipinski definition) is 1. The number of hydrogen-bond acceptors (Lipinski definition) is 4. The van der Waals surface area contributed by atoms with E-state index in [0.29, 0.717) is 24.3 Å². The smallest absolute Gasteiger partial charge is 0.255 e. The Morgan fingerprint density at radius 1 is 0.971 bits per heavy atom. The molecule has 35 heavy (non-hydrogen) atoms. The van der Waals surface area contributed by atoms with E-state index in [1.54, 1.807) is 5.57 Å². The van der Waals surface area contributed by atoms with Gasteiger partial charge in [0, 0.05) is 61.7 Å². The predicted molar refractivity (Wildman–Crippen MR) is 138 cm³/mol. The first-order valence-corrected chi connectivity index (χ1v) is 13.1. The summed E-state index contributed by atoms with van der Waals surface area (Å²) in [5.74, 6) is -2.68. The maximum atomic E-state index is 13.3. The highest BCUT2D eigenvalue weighted by Gasteiger charge is 2.34. The Kier molecular flexibility index (Phi) is 7.37. The molecule has 2 aliphatic heterocycles. The third kappa shape index (κ3) is 6.40. The molecule has 3 aliphatic rings. The highest BCUT2D eigenvalue weighted by molar-refractivity contribution is 7.97. The number of amides is 1. The Labute approximate surface area is 210 Å². The number of anilines is 1. The summed E-state index contributed by atoms with van der Waals surface area (Å²) in [5.41, 5.74) is 5.67. The number of nitrogens with one attached hydrogen (secondary N) is 1. The van der Waals surface area contributed by atoms with Gasteiger partial charge in [-0.2, -0.15) is 0 Å². The lowest BCUT2D eigenvalue weighted by molar-refractivity contribution is -0.0399. The monoisotopic (exact) mass is 495 g/mol. The molecule has 1 fully saturated rings. The van der Waals surface area contributed by atoms with Crippen LogP contribution < -0.4 is 5.32 Å². The second-order valence-electron chi connectivity index (χ2n) is 9.58. The third-order valence-corrected chi connectivity index (χ3v) is 8.03. The molecule has 1 aliphatic carbocycles. The van der Waals surface area contributed by atoms with Crippen molar-refractivity contribution in [1.29, 1.82) is 0 Å². The van der Waals surface area contributed by atoms with Crippen LogP contribution in [-0.2, 0) is 6.54 Å². The van der Waals surface area contributed by atoms with Crippen LogP contribution in [0.1, 0.15) is 48.0 Å². The van der Waals surface area contributed by atoms with Gasteiger partial charge < -0.3 is 5.32 Å². The highest BCUT2D eigenvalue weighted by atomic mass is 32.2. The average Bonchev–Trinajstić information content (AvgIpc) is 2.87. The summed E-state index contributed by atoms with van der Waals surface area (Å²) >= 11 is 1.49. The van der Waals surface area contributed by atoms with Crippen molar-refractivity contribution in [1.82, 2.24) is 9.21 Å². The first-order chi connectivity index (χ1) is 16.9. The topological polar surface area (TPSA) is 35.6 Å².